The Bertz CT molecular complexity index is 846. The van der Waals surface area contributed by atoms with E-state index in [2.05, 4.69) is 20.3 Å². The minimum absolute atomic E-state index is 0.0244. The molecule has 1 amide bonds. The predicted molar refractivity (Wildman–Crippen MR) is 96.4 cm³/mol. The van der Waals surface area contributed by atoms with Crippen LogP contribution in [0.1, 0.15) is 31.4 Å². The van der Waals surface area contributed by atoms with Gasteiger partial charge in [-0.1, -0.05) is 0 Å². The molecule has 4 rings (SSSR count). The average Bonchev–Trinajstić information content (AvgIpc) is 3.54. The first kappa shape index (κ1) is 18.6. The van der Waals surface area contributed by atoms with E-state index in [0.29, 0.717) is 31.5 Å². The van der Waals surface area contributed by atoms with E-state index in [1.165, 1.54) is 12.4 Å². The fourth-order valence-corrected chi connectivity index (χ4v) is 3.29. The van der Waals surface area contributed by atoms with Gasteiger partial charge < -0.3 is 10.2 Å². The Labute approximate surface area is 160 Å². The number of nitrogens with zero attached hydrogens (tertiary/aromatic N) is 4. The first-order valence-corrected chi connectivity index (χ1v) is 9.32. The lowest BCUT2D eigenvalue weighted by atomic mass is 10.0. The van der Waals surface area contributed by atoms with Gasteiger partial charge in [-0.2, -0.15) is 13.2 Å². The zero-order valence-corrected chi connectivity index (χ0v) is 15.1. The van der Waals surface area contributed by atoms with E-state index in [0.717, 1.165) is 18.9 Å². The van der Waals surface area contributed by atoms with Crippen LogP contribution in [0, 0.1) is 5.92 Å². The summed E-state index contributed by atoms with van der Waals surface area (Å²) in [5, 5.41) is 3.04. The standard InChI is InChI=1S/C19H20F3N5O/c20-19(21,22)15-11-16(26-17(25-15)12-3-7-23-8-4-12)27-9-5-14(6-10-27)24-18(28)13-1-2-13/h3-4,7-8,11,13-14H,1-2,5-6,9-10H2,(H,24,28). The number of amides is 1. The van der Waals surface area contributed by atoms with Gasteiger partial charge in [-0.3, -0.25) is 9.78 Å². The smallest absolute Gasteiger partial charge is 0.356 e. The Morgan fingerprint density at radius 1 is 1.07 bits per heavy atom. The topological polar surface area (TPSA) is 71.0 Å². The molecule has 0 atom stereocenters. The van der Waals surface area contributed by atoms with Gasteiger partial charge in [0.15, 0.2) is 11.5 Å². The number of aromatic nitrogens is 3. The molecule has 1 aliphatic heterocycles. The van der Waals surface area contributed by atoms with Crippen LogP contribution in [0.25, 0.3) is 11.4 Å². The Hall–Kier alpha value is -2.71. The summed E-state index contributed by atoms with van der Waals surface area (Å²) in [5.41, 5.74) is -0.484. The van der Waals surface area contributed by atoms with Crippen molar-refractivity contribution in [2.45, 2.75) is 37.9 Å². The third-order valence-electron chi connectivity index (χ3n) is 5.06. The van der Waals surface area contributed by atoms with E-state index < -0.39 is 11.9 Å². The summed E-state index contributed by atoms with van der Waals surface area (Å²) >= 11 is 0. The summed E-state index contributed by atoms with van der Waals surface area (Å²) < 4.78 is 40.0. The number of pyridine rings is 1. The van der Waals surface area contributed by atoms with E-state index >= 15 is 0 Å². The fraction of sp³-hybridized carbons (Fsp3) is 0.474. The second-order valence-electron chi connectivity index (χ2n) is 7.21. The van der Waals surface area contributed by atoms with Crippen LogP contribution in [0.5, 0.6) is 0 Å². The predicted octanol–water partition coefficient (Wildman–Crippen LogP) is 3.05. The highest BCUT2D eigenvalue weighted by atomic mass is 19.4. The number of nitrogens with one attached hydrogen (secondary N) is 1. The molecule has 1 N–H and O–H groups in total. The van der Waals surface area contributed by atoms with E-state index in [1.54, 1.807) is 12.1 Å². The minimum atomic E-state index is -4.56. The zero-order valence-electron chi connectivity index (χ0n) is 15.1. The van der Waals surface area contributed by atoms with Crippen LogP contribution < -0.4 is 10.2 Å². The monoisotopic (exact) mass is 391 g/mol. The van der Waals surface area contributed by atoms with Gasteiger partial charge in [0, 0.05) is 49.1 Å². The third kappa shape index (κ3) is 4.23. The van der Waals surface area contributed by atoms with Crippen molar-refractivity contribution in [2.75, 3.05) is 18.0 Å². The summed E-state index contributed by atoms with van der Waals surface area (Å²) in [6, 6.07) is 4.22. The van der Waals surface area contributed by atoms with Gasteiger partial charge in [-0.25, -0.2) is 9.97 Å². The molecule has 1 saturated carbocycles. The first-order chi connectivity index (χ1) is 13.4. The summed E-state index contributed by atoms with van der Waals surface area (Å²) in [6.07, 6.45) is 1.67. The molecule has 9 heteroatoms. The van der Waals surface area contributed by atoms with Gasteiger partial charge in [0.25, 0.3) is 0 Å². The maximum Gasteiger partial charge on any atom is 0.433 e. The van der Waals surface area contributed by atoms with Crippen molar-refractivity contribution in [3.63, 3.8) is 0 Å². The van der Waals surface area contributed by atoms with Gasteiger partial charge in [-0.15, -0.1) is 0 Å². The molecule has 0 spiro atoms. The molecule has 1 aliphatic carbocycles. The second-order valence-corrected chi connectivity index (χ2v) is 7.21. The molecular weight excluding hydrogens is 371 g/mol. The largest absolute Gasteiger partial charge is 0.433 e. The first-order valence-electron chi connectivity index (χ1n) is 9.32. The molecule has 28 heavy (non-hydrogen) atoms. The third-order valence-corrected chi connectivity index (χ3v) is 5.06. The van der Waals surface area contributed by atoms with Crippen molar-refractivity contribution < 1.29 is 18.0 Å². The van der Waals surface area contributed by atoms with E-state index in [4.69, 9.17) is 0 Å². The number of hydrogen-bond donors (Lipinski definition) is 1. The minimum Gasteiger partial charge on any atom is -0.356 e. The number of hydrogen-bond acceptors (Lipinski definition) is 5. The quantitative estimate of drug-likeness (QED) is 0.868. The summed E-state index contributed by atoms with van der Waals surface area (Å²) in [6.45, 7) is 1.05. The lowest BCUT2D eigenvalue weighted by Crippen LogP contribution is -2.45. The molecule has 2 aromatic rings. The molecule has 6 nitrogen and oxygen atoms in total. The van der Waals surface area contributed by atoms with Crippen LogP contribution >= 0.6 is 0 Å². The highest BCUT2D eigenvalue weighted by molar-refractivity contribution is 5.81. The molecule has 3 heterocycles. The molecule has 148 valence electrons. The van der Waals surface area contributed by atoms with Crippen molar-refractivity contribution in [1.29, 1.82) is 0 Å². The molecule has 0 bridgehead atoms. The van der Waals surface area contributed by atoms with Crippen LogP contribution in [0.15, 0.2) is 30.6 Å². The number of piperidine rings is 1. The van der Waals surface area contributed by atoms with Gasteiger partial charge in [-0.05, 0) is 37.8 Å². The Balaban J connectivity index is 1.53. The van der Waals surface area contributed by atoms with Crippen molar-refractivity contribution >= 4 is 11.7 Å². The SMILES string of the molecule is O=C(NC1CCN(c2cc(C(F)(F)F)nc(-c3ccncc3)n2)CC1)C1CC1. The lowest BCUT2D eigenvalue weighted by Gasteiger charge is -2.33. The maximum atomic E-state index is 13.3. The molecule has 2 fully saturated rings. The molecule has 2 aliphatic rings. The molecule has 2 aromatic heterocycles. The van der Waals surface area contributed by atoms with Crippen LogP contribution in [-0.2, 0) is 11.0 Å². The van der Waals surface area contributed by atoms with Gasteiger partial charge in [0.1, 0.15) is 5.82 Å². The molecule has 0 radical (unpaired) electrons. The number of rotatable bonds is 4. The van der Waals surface area contributed by atoms with Crippen molar-refractivity contribution in [1.82, 2.24) is 20.3 Å². The van der Waals surface area contributed by atoms with Crippen molar-refractivity contribution in [3.05, 3.63) is 36.3 Å². The van der Waals surface area contributed by atoms with Crippen molar-refractivity contribution in [3.8, 4) is 11.4 Å². The van der Waals surface area contributed by atoms with Crippen LogP contribution in [0.3, 0.4) is 0 Å². The fourth-order valence-electron chi connectivity index (χ4n) is 3.29. The van der Waals surface area contributed by atoms with Gasteiger partial charge in [0.05, 0.1) is 0 Å². The summed E-state index contributed by atoms with van der Waals surface area (Å²) in [4.78, 5) is 25.7. The van der Waals surface area contributed by atoms with E-state index in [9.17, 15) is 18.0 Å². The summed E-state index contributed by atoms with van der Waals surface area (Å²) in [7, 11) is 0. The van der Waals surface area contributed by atoms with Crippen molar-refractivity contribution in [2.24, 2.45) is 5.92 Å². The molecule has 0 aromatic carbocycles. The number of halogens is 3. The molecular formula is C19H20F3N5O. The van der Waals surface area contributed by atoms with Crippen LogP contribution in [0.4, 0.5) is 19.0 Å². The van der Waals surface area contributed by atoms with Gasteiger partial charge >= 0.3 is 6.18 Å². The summed E-state index contributed by atoms with van der Waals surface area (Å²) in [5.74, 6) is 0.523. The second kappa shape index (κ2) is 7.37. The lowest BCUT2D eigenvalue weighted by molar-refractivity contribution is -0.141. The van der Waals surface area contributed by atoms with Crippen LogP contribution in [-0.4, -0.2) is 40.0 Å². The Kier molecular flexibility index (Phi) is 4.91. The zero-order chi connectivity index (χ0) is 19.7. The number of carbonyl (C=O) groups excluding carboxylic acids is 1. The Morgan fingerprint density at radius 2 is 1.75 bits per heavy atom. The van der Waals surface area contributed by atoms with E-state index in [-0.39, 0.29) is 29.5 Å². The maximum absolute atomic E-state index is 13.3. The molecule has 0 unspecified atom stereocenters. The number of anilines is 1. The van der Waals surface area contributed by atoms with Gasteiger partial charge in [0.2, 0.25) is 5.91 Å². The number of alkyl halides is 3. The van der Waals surface area contributed by atoms with Crippen LogP contribution in [0.2, 0.25) is 0 Å². The average molecular weight is 391 g/mol. The highest BCUT2D eigenvalue weighted by Gasteiger charge is 2.35. The normalized spacial score (nSPS) is 18.2. The van der Waals surface area contributed by atoms with E-state index in [1.807, 2.05) is 4.90 Å². The highest BCUT2D eigenvalue weighted by Crippen LogP contribution is 2.33. The Morgan fingerprint density at radius 3 is 2.36 bits per heavy atom. The number of carbonyl (C=O) groups is 1. The molecule has 1 saturated heterocycles.